The molecule has 5 aromatic rings. The molecule has 0 saturated carbocycles. The van der Waals surface area contributed by atoms with E-state index in [1.165, 1.54) is 24.3 Å². The van der Waals surface area contributed by atoms with Crippen LogP contribution in [0.4, 0.5) is 4.39 Å². The molecule has 0 bridgehead atoms. The van der Waals surface area contributed by atoms with E-state index in [4.69, 9.17) is 4.42 Å². The molecule has 6 rings (SSSR count). The Morgan fingerprint density at radius 2 is 1.83 bits per heavy atom. The van der Waals surface area contributed by atoms with Crippen LogP contribution in [0.5, 0.6) is 0 Å². The van der Waals surface area contributed by atoms with Crippen molar-refractivity contribution in [2.24, 2.45) is 5.92 Å². The quantitative estimate of drug-likeness (QED) is 0.359. The van der Waals surface area contributed by atoms with Gasteiger partial charge in [0, 0.05) is 23.6 Å². The Labute approximate surface area is 202 Å². The zero-order valence-electron chi connectivity index (χ0n) is 18.9. The van der Waals surface area contributed by atoms with Gasteiger partial charge in [-0.25, -0.2) is 21.8 Å². The molecule has 0 spiro atoms. The molecule has 0 amide bonds. The average Bonchev–Trinajstić information content (AvgIpc) is 3.45. The second kappa shape index (κ2) is 8.62. The number of benzene rings is 3. The second-order valence-electron chi connectivity index (χ2n) is 9.01. The Balaban J connectivity index is 1.44. The number of rotatable bonds is 5. The van der Waals surface area contributed by atoms with Gasteiger partial charge in [-0.3, -0.25) is 0 Å². The number of nitrogens with zero attached hydrogens (tertiary/aromatic N) is 2. The number of nitrogens with one attached hydrogen (secondary N) is 1. The summed E-state index contributed by atoms with van der Waals surface area (Å²) >= 11 is 0. The minimum atomic E-state index is -3.92. The summed E-state index contributed by atoms with van der Waals surface area (Å²) in [5.41, 5.74) is 3.16. The zero-order valence-corrected chi connectivity index (χ0v) is 19.8. The van der Waals surface area contributed by atoms with Crippen molar-refractivity contribution >= 4 is 32.0 Å². The van der Waals surface area contributed by atoms with E-state index < -0.39 is 15.8 Å². The fraction of sp³-hybridized carbons (Fsp3) is 0.222. The first-order valence-corrected chi connectivity index (χ1v) is 13.1. The van der Waals surface area contributed by atoms with Crippen molar-refractivity contribution in [1.82, 2.24) is 14.3 Å². The van der Waals surface area contributed by atoms with E-state index in [1.54, 1.807) is 30.5 Å². The lowest BCUT2D eigenvalue weighted by Crippen LogP contribution is -2.28. The van der Waals surface area contributed by atoms with Crippen molar-refractivity contribution < 1.29 is 17.2 Å². The summed E-state index contributed by atoms with van der Waals surface area (Å²) in [6, 6.07) is 18.0. The van der Waals surface area contributed by atoms with Crippen LogP contribution in [0.25, 0.3) is 33.1 Å². The zero-order chi connectivity index (χ0) is 24.0. The monoisotopic (exact) mass is 489 g/mol. The fourth-order valence-corrected chi connectivity index (χ4v) is 6.25. The van der Waals surface area contributed by atoms with Crippen molar-refractivity contribution in [2.75, 3.05) is 13.1 Å². The van der Waals surface area contributed by atoms with Crippen LogP contribution in [0.3, 0.4) is 0 Å². The topological polar surface area (TPSA) is 77.1 Å². The van der Waals surface area contributed by atoms with E-state index in [1.807, 2.05) is 18.2 Å². The summed E-state index contributed by atoms with van der Waals surface area (Å²) in [4.78, 5) is 4.80. The van der Waals surface area contributed by atoms with Gasteiger partial charge in [0.25, 0.3) is 10.0 Å². The Kier molecular flexibility index (Phi) is 5.42. The number of aromatic nitrogens is 2. The molecule has 178 valence electrons. The smallest absolute Gasteiger partial charge is 0.268 e. The molecule has 1 saturated heterocycles. The minimum Gasteiger partial charge on any atom is -0.441 e. The van der Waals surface area contributed by atoms with Gasteiger partial charge in [0.05, 0.1) is 10.4 Å². The van der Waals surface area contributed by atoms with Crippen molar-refractivity contribution in [3.05, 3.63) is 84.6 Å². The molecule has 0 atom stereocenters. The van der Waals surface area contributed by atoms with Crippen LogP contribution in [0.1, 0.15) is 18.7 Å². The third kappa shape index (κ3) is 4.02. The maximum absolute atomic E-state index is 14.2. The summed E-state index contributed by atoms with van der Waals surface area (Å²) in [5, 5.41) is 4.01. The normalized spacial score (nSPS) is 15.2. The van der Waals surface area contributed by atoms with Gasteiger partial charge in [-0.1, -0.05) is 24.3 Å². The van der Waals surface area contributed by atoms with Crippen LogP contribution in [-0.4, -0.2) is 30.5 Å². The lowest BCUT2D eigenvalue weighted by molar-refractivity contribution is 0.346. The Bertz CT molecular complexity index is 1630. The molecule has 6 nitrogen and oxygen atoms in total. The molecule has 3 heterocycles. The predicted molar refractivity (Wildman–Crippen MR) is 133 cm³/mol. The minimum absolute atomic E-state index is 0.140. The van der Waals surface area contributed by atoms with Crippen LogP contribution < -0.4 is 5.32 Å². The lowest BCUT2D eigenvalue weighted by Gasteiger charge is -2.20. The molecular weight excluding hydrogens is 465 g/mol. The van der Waals surface area contributed by atoms with E-state index in [2.05, 4.69) is 10.3 Å². The molecule has 3 aromatic carbocycles. The fourth-order valence-electron chi connectivity index (χ4n) is 4.87. The number of hydrogen-bond acceptors (Lipinski definition) is 5. The summed E-state index contributed by atoms with van der Waals surface area (Å²) in [6.45, 7) is 2.04. The van der Waals surface area contributed by atoms with Gasteiger partial charge >= 0.3 is 0 Å². The van der Waals surface area contributed by atoms with Crippen LogP contribution in [-0.2, 0) is 16.4 Å². The van der Waals surface area contributed by atoms with E-state index in [0.717, 1.165) is 53.3 Å². The van der Waals surface area contributed by atoms with Gasteiger partial charge in [-0.15, -0.1) is 0 Å². The van der Waals surface area contributed by atoms with Gasteiger partial charge in [0.1, 0.15) is 11.3 Å². The summed E-state index contributed by atoms with van der Waals surface area (Å²) < 4.78 is 48.3. The molecule has 0 unspecified atom stereocenters. The highest BCUT2D eigenvalue weighted by Crippen LogP contribution is 2.35. The SMILES string of the molecule is O=S(=O)(c1ccccc1)n1cc(-c2ccc3nc(CC4CCNCC4)oc3c2)c2ccc(F)cc21. The summed E-state index contributed by atoms with van der Waals surface area (Å²) in [6.07, 6.45) is 4.57. The highest BCUT2D eigenvalue weighted by atomic mass is 32.2. The van der Waals surface area contributed by atoms with Crippen LogP contribution >= 0.6 is 0 Å². The van der Waals surface area contributed by atoms with Gasteiger partial charge in [0.15, 0.2) is 11.5 Å². The molecule has 1 aliphatic rings. The van der Waals surface area contributed by atoms with E-state index in [-0.39, 0.29) is 10.4 Å². The number of piperidine rings is 1. The largest absolute Gasteiger partial charge is 0.441 e. The average molecular weight is 490 g/mol. The van der Waals surface area contributed by atoms with Crippen molar-refractivity contribution in [1.29, 1.82) is 0 Å². The van der Waals surface area contributed by atoms with E-state index in [9.17, 15) is 12.8 Å². The maximum atomic E-state index is 14.2. The third-order valence-electron chi connectivity index (χ3n) is 6.70. The molecule has 1 fully saturated rings. The Morgan fingerprint density at radius 1 is 1.03 bits per heavy atom. The number of oxazole rings is 1. The molecule has 0 radical (unpaired) electrons. The van der Waals surface area contributed by atoms with Crippen molar-refractivity contribution in [3.63, 3.8) is 0 Å². The number of fused-ring (bicyclic) bond motifs is 2. The first-order chi connectivity index (χ1) is 17.0. The van der Waals surface area contributed by atoms with Crippen LogP contribution in [0.2, 0.25) is 0 Å². The van der Waals surface area contributed by atoms with E-state index in [0.29, 0.717) is 22.5 Å². The van der Waals surface area contributed by atoms with Crippen LogP contribution in [0, 0.1) is 11.7 Å². The molecule has 2 aromatic heterocycles. The standard InChI is InChI=1S/C27H24FN3O3S/c28-20-7-8-22-23(17-31(25(22)16-20)35(32,33)21-4-2-1-3-5-21)19-6-9-24-26(15-19)34-27(30-24)14-18-10-12-29-13-11-18/h1-9,15-18,29H,10-14H2. The molecule has 1 N–H and O–H groups in total. The van der Waals surface area contributed by atoms with Gasteiger partial charge in [0.2, 0.25) is 0 Å². The number of halogens is 1. The maximum Gasteiger partial charge on any atom is 0.268 e. The predicted octanol–water partition coefficient (Wildman–Crippen LogP) is 5.37. The first kappa shape index (κ1) is 22.0. The molecule has 8 heteroatoms. The molecule has 1 aliphatic heterocycles. The lowest BCUT2D eigenvalue weighted by atomic mass is 9.95. The van der Waals surface area contributed by atoms with Crippen molar-refractivity contribution in [3.8, 4) is 11.1 Å². The van der Waals surface area contributed by atoms with Crippen LogP contribution in [0.15, 0.2) is 82.2 Å². The molecule has 35 heavy (non-hydrogen) atoms. The molecule has 0 aliphatic carbocycles. The summed E-state index contributed by atoms with van der Waals surface area (Å²) in [7, 11) is -3.92. The first-order valence-electron chi connectivity index (χ1n) is 11.7. The highest BCUT2D eigenvalue weighted by Gasteiger charge is 2.23. The number of hydrogen-bond donors (Lipinski definition) is 1. The van der Waals surface area contributed by atoms with Crippen molar-refractivity contribution in [2.45, 2.75) is 24.2 Å². The van der Waals surface area contributed by atoms with Gasteiger partial charge in [-0.2, -0.15) is 0 Å². The second-order valence-corrected chi connectivity index (χ2v) is 10.8. The van der Waals surface area contributed by atoms with Gasteiger partial charge < -0.3 is 9.73 Å². The summed E-state index contributed by atoms with van der Waals surface area (Å²) in [5.74, 6) is 0.778. The third-order valence-corrected chi connectivity index (χ3v) is 8.39. The Hall–Kier alpha value is -3.49. The molecular formula is C27H24FN3O3S. The highest BCUT2D eigenvalue weighted by molar-refractivity contribution is 7.90. The Morgan fingerprint density at radius 3 is 2.63 bits per heavy atom. The van der Waals surface area contributed by atoms with Gasteiger partial charge in [-0.05, 0) is 79.9 Å². The van der Waals surface area contributed by atoms with E-state index >= 15 is 0 Å².